The second-order valence-electron chi connectivity index (χ2n) is 8.72. The van der Waals surface area contributed by atoms with Crippen molar-refractivity contribution < 1.29 is 22.7 Å². The Hall–Kier alpha value is -3.07. The number of carbonyl (C=O) groups excluding carboxylic acids is 2. The first-order valence-electron chi connectivity index (χ1n) is 11.8. The molecule has 0 saturated heterocycles. The van der Waals surface area contributed by atoms with Gasteiger partial charge in [-0.25, -0.2) is 8.42 Å². The molecule has 2 atom stereocenters. The van der Waals surface area contributed by atoms with E-state index in [-0.39, 0.29) is 18.5 Å². The number of aryl methyl sites for hydroxylation is 1. The third kappa shape index (κ3) is 7.99. The van der Waals surface area contributed by atoms with E-state index in [2.05, 4.69) is 5.32 Å². The van der Waals surface area contributed by atoms with E-state index in [4.69, 9.17) is 4.74 Å². The number of hydrogen-bond acceptors (Lipinski definition) is 5. The predicted molar refractivity (Wildman–Crippen MR) is 139 cm³/mol. The minimum Gasteiger partial charge on any atom is -0.497 e. The monoisotopic (exact) mass is 503 g/mol. The third-order valence-electron chi connectivity index (χ3n) is 5.87. The minimum absolute atomic E-state index is 0.0469. The quantitative estimate of drug-likeness (QED) is 0.478. The molecule has 1 N–H and O–H groups in total. The number of ether oxygens (including phenoxy) is 1. The van der Waals surface area contributed by atoms with Gasteiger partial charge in [-0.15, -0.1) is 0 Å². The van der Waals surface area contributed by atoms with Crippen LogP contribution in [0, 0.1) is 6.92 Å². The van der Waals surface area contributed by atoms with Crippen LogP contribution in [0.2, 0.25) is 0 Å². The number of rotatable bonds is 12. The summed E-state index contributed by atoms with van der Waals surface area (Å²) in [5, 5.41) is 2.96. The van der Waals surface area contributed by atoms with Crippen molar-refractivity contribution in [3.63, 3.8) is 0 Å². The van der Waals surface area contributed by atoms with Crippen molar-refractivity contribution in [1.29, 1.82) is 0 Å². The Bertz CT molecular complexity index is 1100. The van der Waals surface area contributed by atoms with Gasteiger partial charge in [-0.1, -0.05) is 38.1 Å². The van der Waals surface area contributed by atoms with E-state index in [9.17, 15) is 18.0 Å². The van der Waals surface area contributed by atoms with Gasteiger partial charge in [0.15, 0.2) is 0 Å². The summed E-state index contributed by atoms with van der Waals surface area (Å²) in [4.78, 5) is 28.2. The molecule has 0 unspecified atom stereocenters. The number of nitrogens with one attached hydrogen (secondary N) is 1. The molecule has 0 saturated carbocycles. The minimum atomic E-state index is -3.75. The second kappa shape index (κ2) is 12.6. The average Bonchev–Trinajstić information content (AvgIpc) is 2.81. The maximum Gasteiger partial charge on any atom is 0.244 e. The van der Waals surface area contributed by atoms with Crippen molar-refractivity contribution >= 4 is 27.5 Å². The first-order valence-corrected chi connectivity index (χ1v) is 13.6. The Morgan fingerprint density at radius 1 is 1.06 bits per heavy atom. The summed E-state index contributed by atoms with van der Waals surface area (Å²) in [6.45, 7) is 7.31. The molecule has 0 fully saturated rings. The fourth-order valence-electron chi connectivity index (χ4n) is 3.69. The van der Waals surface area contributed by atoms with Crippen LogP contribution < -0.4 is 14.4 Å². The van der Waals surface area contributed by atoms with E-state index in [0.29, 0.717) is 17.9 Å². The largest absolute Gasteiger partial charge is 0.497 e. The van der Waals surface area contributed by atoms with Crippen LogP contribution in [0.4, 0.5) is 5.69 Å². The van der Waals surface area contributed by atoms with E-state index < -0.39 is 28.5 Å². The molecule has 0 spiro atoms. The second-order valence-corrected chi connectivity index (χ2v) is 10.6. The molecule has 0 radical (unpaired) electrons. The Morgan fingerprint density at radius 2 is 1.71 bits per heavy atom. The van der Waals surface area contributed by atoms with Gasteiger partial charge in [-0.2, -0.15) is 0 Å². The fourth-order valence-corrected chi connectivity index (χ4v) is 4.53. The van der Waals surface area contributed by atoms with Crippen LogP contribution in [-0.2, 0) is 26.2 Å². The molecule has 9 heteroatoms. The number of nitrogens with zero attached hydrogens (tertiary/aromatic N) is 2. The van der Waals surface area contributed by atoms with Gasteiger partial charge < -0.3 is 15.0 Å². The lowest BCUT2D eigenvalue weighted by molar-refractivity contribution is -0.140. The lowest BCUT2D eigenvalue weighted by Gasteiger charge is -2.33. The van der Waals surface area contributed by atoms with Gasteiger partial charge in [0.05, 0.1) is 19.1 Å². The molecule has 0 aliphatic rings. The summed E-state index contributed by atoms with van der Waals surface area (Å²) >= 11 is 0. The Morgan fingerprint density at radius 3 is 2.23 bits per heavy atom. The van der Waals surface area contributed by atoms with Gasteiger partial charge in [0.2, 0.25) is 21.8 Å². The molecule has 0 heterocycles. The van der Waals surface area contributed by atoms with Crippen molar-refractivity contribution in [2.24, 2.45) is 0 Å². The number of amides is 2. The van der Waals surface area contributed by atoms with Crippen molar-refractivity contribution in [2.45, 2.75) is 59.2 Å². The lowest BCUT2D eigenvalue weighted by Crippen LogP contribution is -2.53. The zero-order valence-corrected chi connectivity index (χ0v) is 22.3. The molecule has 0 aromatic heterocycles. The van der Waals surface area contributed by atoms with Crippen LogP contribution in [0.1, 0.15) is 44.7 Å². The summed E-state index contributed by atoms with van der Waals surface area (Å²) < 4.78 is 31.6. The van der Waals surface area contributed by atoms with Crippen LogP contribution in [0.25, 0.3) is 0 Å². The number of methoxy groups -OCH3 is 1. The maximum atomic E-state index is 13.7. The van der Waals surface area contributed by atoms with E-state index >= 15 is 0 Å². The normalized spacial score (nSPS) is 13.0. The highest BCUT2D eigenvalue weighted by atomic mass is 32.2. The van der Waals surface area contributed by atoms with Gasteiger partial charge in [0.1, 0.15) is 18.3 Å². The topological polar surface area (TPSA) is 96.0 Å². The van der Waals surface area contributed by atoms with Crippen LogP contribution in [0.5, 0.6) is 5.75 Å². The van der Waals surface area contributed by atoms with E-state index in [1.165, 1.54) is 4.90 Å². The molecule has 0 aliphatic carbocycles. The van der Waals surface area contributed by atoms with Crippen LogP contribution in [0.15, 0.2) is 48.5 Å². The Balaban J connectivity index is 2.43. The predicted octanol–water partition coefficient (Wildman–Crippen LogP) is 3.49. The molecule has 8 nitrogen and oxygen atoms in total. The summed E-state index contributed by atoms with van der Waals surface area (Å²) in [6.07, 6.45) is 2.21. The van der Waals surface area contributed by atoms with Crippen molar-refractivity contribution in [3.8, 4) is 5.75 Å². The summed E-state index contributed by atoms with van der Waals surface area (Å²) in [7, 11) is -2.18. The first kappa shape index (κ1) is 28.2. The first-order chi connectivity index (χ1) is 16.5. The molecule has 2 aromatic carbocycles. The van der Waals surface area contributed by atoms with Gasteiger partial charge in [0, 0.05) is 12.6 Å². The summed E-state index contributed by atoms with van der Waals surface area (Å²) in [5.41, 5.74) is 2.08. The Kier molecular flexibility index (Phi) is 10.1. The highest BCUT2D eigenvalue weighted by molar-refractivity contribution is 7.92. The summed E-state index contributed by atoms with van der Waals surface area (Å²) in [5.74, 6) is -0.0417. The zero-order valence-electron chi connectivity index (χ0n) is 21.4. The van der Waals surface area contributed by atoms with E-state index in [0.717, 1.165) is 28.1 Å². The third-order valence-corrected chi connectivity index (χ3v) is 7.01. The van der Waals surface area contributed by atoms with Crippen molar-refractivity contribution in [2.75, 3.05) is 24.2 Å². The van der Waals surface area contributed by atoms with Gasteiger partial charge in [-0.05, 0) is 62.1 Å². The van der Waals surface area contributed by atoms with Crippen LogP contribution >= 0.6 is 0 Å². The highest BCUT2D eigenvalue weighted by Crippen LogP contribution is 2.21. The molecule has 192 valence electrons. The zero-order chi connectivity index (χ0) is 26.2. The standard InChI is InChI=1S/C26H37N3O5S/c1-7-20(4)27-26(31)24(8-2)28(17-21-12-14-23(34-5)15-13-21)25(30)18-29(35(6,32)33)22-11-9-10-19(3)16-22/h9-16,20,24H,7-8,17-18H2,1-6H3,(H,27,31)/t20-,24-/m0/s1. The number of benzene rings is 2. The fraction of sp³-hybridized carbons (Fsp3) is 0.462. The number of sulfonamides is 1. The average molecular weight is 504 g/mol. The summed E-state index contributed by atoms with van der Waals surface area (Å²) in [6, 6.07) is 13.4. The number of carbonyl (C=O) groups is 2. The molecular formula is C26H37N3O5S. The lowest BCUT2D eigenvalue weighted by atomic mass is 10.1. The molecular weight excluding hydrogens is 466 g/mol. The SMILES string of the molecule is CC[C@H](C)NC(=O)[C@H](CC)N(Cc1ccc(OC)cc1)C(=O)CN(c1cccc(C)c1)S(C)(=O)=O. The maximum absolute atomic E-state index is 13.7. The van der Waals surface area contributed by atoms with Gasteiger partial charge >= 0.3 is 0 Å². The van der Waals surface area contributed by atoms with Crippen LogP contribution in [0.3, 0.4) is 0 Å². The van der Waals surface area contributed by atoms with Gasteiger partial charge in [-0.3, -0.25) is 13.9 Å². The molecule has 2 aromatic rings. The van der Waals surface area contributed by atoms with E-state index in [1.807, 2.05) is 45.9 Å². The molecule has 0 aliphatic heterocycles. The Labute approximate surface area is 209 Å². The van der Waals surface area contributed by atoms with E-state index in [1.54, 1.807) is 37.4 Å². The number of hydrogen-bond donors (Lipinski definition) is 1. The molecule has 35 heavy (non-hydrogen) atoms. The van der Waals surface area contributed by atoms with Crippen molar-refractivity contribution in [3.05, 3.63) is 59.7 Å². The van der Waals surface area contributed by atoms with Crippen LogP contribution in [-0.4, -0.2) is 57.1 Å². The number of anilines is 1. The smallest absolute Gasteiger partial charge is 0.244 e. The molecule has 0 bridgehead atoms. The molecule has 2 rings (SSSR count). The van der Waals surface area contributed by atoms with Crippen molar-refractivity contribution in [1.82, 2.24) is 10.2 Å². The highest BCUT2D eigenvalue weighted by Gasteiger charge is 2.32. The van der Waals surface area contributed by atoms with Gasteiger partial charge in [0.25, 0.3) is 0 Å². The molecule has 2 amide bonds.